The van der Waals surface area contributed by atoms with Gasteiger partial charge in [0.15, 0.2) is 11.5 Å². The van der Waals surface area contributed by atoms with E-state index < -0.39 is 5.91 Å². The van der Waals surface area contributed by atoms with E-state index in [4.69, 9.17) is 15.3 Å². The van der Waals surface area contributed by atoms with Crippen LogP contribution < -0.4 is 20.7 Å². The zero-order valence-corrected chi connectivity index (χ0v) is 11.4. The maximum Gasteiger partial charge on any atom is 0.269 e. The van der Waals surface area contributed by atoms with Gasteiger partial charge in [0.05, 0.1) is 12.7 Å². The van der Waals surface area contributed by atoms with E-state index in [2.05, 4.69) is 0 Å². The van der Waals surface area contributed by atoms with Gasteiger partial charge in [-0.25, -0.2) is 10.2 Å². The Kier molecular flexibility index (Phi) is 4.73. The van der Waals surface area contributed by atoms with Gasteiger partial charge in [0, 0.05) is 0 Å². The van der Waals surface area contributed by atoms with Crippen molar-refractivity contribution in [2.75, 3.05) is 7.11 Å². The van der Waals surface area contributed by atoms with Crippen LogP contribution in [0.1, 0.15) is 15.9 Å². The van der Waals surface area contributed by atoms with Crippen molar-refractivity contribution in [3.05, 3.63) is 59.4 Å². The molecule has 0 spiro atoms. The molecule has 1 amide bonds. The van der Waals surface area contributed by atoms with Crippen molar-refractivity contribution < 1.29 is 18.7 Å². The average Bonchev–Trinajstić information content (AvgIpc) is 2.51. The molecule has 0 unspecified atom stereocenters. The summed E-state index contributed by atoms with van der Waals surface area (Å²) in [5.41, 5.74) is 2.93. The smallest absolute Gasteiger partial charge is 0.269 e. The van der Waals surface area contributed by atoms with Crippen molar-refractivity contribution in [1.82, 2.24) is 5.43 Å². The number of hydrogen-bond acceptors (Lipinski definition) is 4. The Morgan fingerprint density at radius 3 is 2.71 bits per heavy atom. The third-order valence-electron chi connectivity index (χ3n) is 2.85. The summed E-state index contributed by atoms with van der Waals surface area (Å²) in [5, 5.41) is 0. The molecular weight excluding hydrogens is 275 g/mol. The minimum atomic E-state index is -0.497. The average molecular weight is 290 g/mol. The number of rotatable bonds is 5. The molecule has 2 aromatic rings. The van der Waals surface area contributed by atoms with Crippen LogP contribution >= 0.6 is 0 Å². The molecule has 110 valence electrons. The molecule has 0 saturated carbocycles. The van der Waals surface area contributed by atoms with Crippen LogP contribution in [0.5, 0.6) is 11.5 Å². The lowest BCUT2D eigenvalue weighted by Gasteiger charge is -2.14. The third-order valence-corrected chi connectivity index (χ3v) is 2.85. The Labute approximate surface area is 121 Å². The van der Waals surface area contributed by atoms with E-state index >= 15 is 0 Å². The molecule has 0 bridgehead atoms. The van der Waals surface area contributed by atoms with Gasteiger partial charge < -0.3 is 9.47 Å². The van der Waals surface area contributed by atoms with E-state index in [1.165, 1.54) is 19.2 Å². The highest BCUT2D eigenvalue weighted by atomic mass is 19.1. The summed E-state index contributed by atoms with van der Waals surface area (Å²) in [6.45, 7) is 0.100. The molecule has 3 N–H and O–H groups in total. The predicted octanol–water partition coefficient (Wildman–Crippen LogP) is 2.02. The number of hydrazine groups is 1. The van der Waals surface area contributed by atoms with Crippen molar-refractivity contribution in [1.29, 1.82) is 0 Å². The van der Waals surface area contributed by atoms with Crippen LogP contribution in [0.2, 0.25) is 0 Å². The van der Waals surface area contributed by atoms with Gasteiger partial charge in [-0.15, -0.1) is 0 Å². The van der Waals surface area contributed by atoms with Gasteiger partial charge in [-0.1, -0.05) is 18.2 Å². The molecule has 0 aliphatic carbocycles. The Hall–Kier alpha value is -2.60. The van der Waals surface area contributed by atoms with Crippen LogP contribution in [0.15, 0.2) is 42.5 Å². The Morgan fingerprint density at radius 2 is 2.05 bits per heavy atom. The van der Waals surface area contributed by atoms with Crippen molar-refractivity contribution in [3.8, 4) is 11.5 Å². The lowest BCUT2D eigenvalue weighted by molar-refractivity contribution is 0.0948. The Bertz CT molecular complexity index is 647. The predicted molar refractivity (Wildman–Crippen MR) is 75.4 cm³/mol. The number of carbonyl (C=O) groups is 1. The summed E-state index contributed by atoms with van der Waals surface area (Å²) in [5.74, 6) is 4.95. The molecule has 0 aliphatic rings. The van der Waals surface area contributed by atoms with Crippen molar-refractivity contribution in [2.24, 2.45) is 5.84 Å². The normalized spacial score (nSPS) is 10.0. The van der Waals surface area contributed by atoms with E-state index in [0.717, 1.165) is 0 Å². The fourth-order valence-corrected chi connectivity index (χ4v) is 1.86. The molecule has 0 saturated heterocycles. The molecular formula is C15H15FN2O3. The zero-order valence-electron chi connectivity index (χ0n) is 11.4. The first-order valence-electron chi connectivity index (χ1n) is 6.21. The highest BCUT2D eigenvalue weighted by Gasteiger charge is 2.16. The molecule has 0 atom stereocenters. The van der Waals surface area contributed by atoms with Crippen LogP contribution in [0.4, 0.5) is 4.39 Å². The highest BCUT2D eigenvalue weighted by molar-refractivity contribution is 5.97. The van der Waals surface area contributed by atoms with Crippen molar-refractivity contribution in [3.63, 3.8) is 0 Å². The second kappa shape index (κ2) is 6.71. The summed E-state index contributed by atoms with van der Waals surface area (Å²) in [7, 11) is 1.47. The van der Waals surface area contributed by atoms with Gasteiger partial charge in [0.1, 0.15) is 12.4 Å². The maximum absolute atomic E-state index is 13.1. The topological polar surface area (TPSA) is 73.6 Å². The Balaban J connectivity index is 2.27. The quantitative estimate of drug-likeness (QED) is 0.502. The van der Waals surface area contributed by atoms with Crippen LogP contribution in [0.3, 0.4) is 0 Å². The molecule has 6 heteroatoms. The fourth-order valence-electron chi connectivity index (χ4n) is 1.86. The molecule has 21 heavy (non-hydrogen) atoms. The molecule has 0 heterocycles. The zero-order chi connectivity index (χ0) is 15.2. The number of ether oxygens (including phenoxy) is 2. The first-order valence-corrected chi connectivity index (χ1v) is 6.21. The van der Waals surface area contributed by atoms with Gasteiger partial charge in [-0.3, -0.25) is 10.2 Å². The minimum Gasteiger partial charge on any atom is -0.493 e. The molecule has 2 rings (SSSR count). The standard InChI is InChI=1S/C15H15FN2O3/c1-20-13-7-3-6-12(15(19)18-17)14(13)21-9-10-4-2-5-11(16)8-10/h2-8H,9,17H2,1H3,(H,18,19). The monoisotopic (exact) mass is 290 g/mol. The summed E-state index contributed by atoms with van der Waals surface area (Å²) < 4.78 is 23.9. The van der Waals surface area contributed by atoms with E-state index in [1.54, 1.807) is 30.3 Å². The van der Waals surface area contributed by atoms with Gasteiger partial charge in [-0.2, -0.15) is 0 Å². The number of para-hydroxylation sites is 1. The van der Waals surface area contributed by atoms with Gasteiger partial charge in [-0.05, 0) is 29.8 Å². The number of nitrogens with two attached hydrogens (primary N) is 1. The van der Waals surface area contributed by atoms with Crippen molar-refractivity contribution in [2.45, 2.75) is 6.61 Å². The number of amides is 1. The van der Waals surface area contributed by atoms with Gasteiger partial charge in [0.2, 0.25) is 0 Å². The molecule has 5 nitrogen and oxygen atoms in total. The summed E-state index contributed by atoms with van der Waals surface area (Å²) >= 11 is 0. The highest BCUT2D eigenvalue weighted by Crippen LogP contribution is 2.31. The maximum atomic E-state index is 13.1. The summed E-state index contributed by atoms with van der Waals surface area (Å²) in [6, 6.07) is 10.9. The molecule has 0 fully saturated rings. The van der Waals surface area contributed by atoms with Crippen molar-refractivity contribution >= 4 is 5.91 Å². The van der Waals surface area contributed by atoms with E-state index in [9.17, 15) is 9.18 Å². The number of carbonyl (C=O) groups excluding carboxylic acids is 1. The number of nitrogens with one attached hydrogen (secondary N) is 1. The number of halogens is 1. The minimum absolute atomic E-state index is 0.100. The van der Waals surface area contributed by atoms with Crippen LogP contribution in [-0.4, -0.2) is 13.0 Å². The molecule has 2 aromatic carbocycles. The second-order valence-electron chi connectivity index (χ2n) is 4.23. The first kappa shape index (κ1) is 14.8. The lowest BCUT2D eigenvalue weighted by Crippen LogP contribution is -2.30. The number of methoxy groups -OCH3 is 1. The first-order chi connectivity index (χ1) is 10.2. The summed E-state index contributed by atoms with van der Waals surface area (Å²) in [6.07, 6.45) is 0. The molecule has 0 radical (unpaired) electrons. The number of nitrogen functional groups attached to an aromatic ring is 1. The van der Waals surface area contributed by atoms with Crippen LogP contribution in [-0.2, 0) is 6.61 Å². The largest absolute Gasteiger partial charge is 0.493 e. The van der Waals surface area contributed by atoms with Gasteiger partial charge >= 0.3 is 0 Å². The SMILES string of the molecule is COc1cccc(C(=O)NN)c1OCc1cccc(F)c1. The van der Waals surface area contributed by atoms with Crippen LogP contribution in [0.25, 0.3) is 0 Å². The lowest BCUT2D eigenvalue weighted by atomic mass is 10.1. The van der Waals surface area contributed by atoms with E-state index in [1.807, 2.05) is 5.43 Å². The Morgan fingerprint density at radius 1 is 1.29 bits per heavy atom. The molecule has 0 aromatic heterocycles. The van der Waals surface area contributed by atoms with E-state index in [-0.39, 0.29) is 23.7 Å². The van der Waals surface area contributed by atoms with E-state index in [0.29, 0.717) is 11.3 Å². The molecule has 0 aliphatic heterocycles. The number of benzene rings is 2. The number of hydrogen-bond donors (Lipinski definition) is 2. The third kappa shape index (κ3) is 3.49. The fraction of sp³-hybridized carbons (Fsp3) is 0.133. The van der Waals surface area contributed by atoms with Crippen LogP contribution in [0, 0.1) is 5.82 Å². The second-order valence-corrected chi connectivity index (χ2v) is 4.23. The summed E-state index contributed by atoms with van der Waals surface area (Å²) in [4.78, 5) is 11.7. The van der Waals surface area contributed by atoms with Gasteiger partial charge in [0.25, 0.3) is 5.91 Å².